The van der Waals surface area contributed by atoms with E-state index in [4.69, 9.17) is 4.42 Å². The highest BCUT2D eigenvalue weighted by Crippen LogP contribution is 2.18. The van der Waals surface area contributed by atoms with Crippen molar-refractivity contribution < 1.29 is 9.21 Å². The number of carbonyl (C=O) groups excluding carboxylic acids is 1. The van der Waals surface area contributed by atoms with Gasteiger partial charge in [0.1, 0.15) is 0 Å². The smallest absolute Gasteiger partial charge is 0.198 e. The molecule has 16 heavy (non-hydrogen) atoms. The minimum absolute atomic E-state index is 0.0375. The summed E-state index contributed by atoms with van der Waals surface area (Å²) in [5.74, 6) is 0.473. The summed E-state index contributed by atoms with van der Waals surface area (Å²) in [7, 11) is 0. The van der Waals surface area contributed by atoms with Crippen molar-refractivity contribution in [3.63, 3.8) is 0 Å². The number of rotatable bonds is 4. The molecular weight excluding hydrogens is 222 g/mol. The van der Waals surface area contributed by atoms with Gasteiger partial charge in [-0.15, -0.1) is 11.3 Å². The van der Waals surface area contributed by atoms with E-state index in [-0.39, 0.29) is 5.78 Å². The van der Waals surface area contributed by atoms with Crippen LogP contribution >= 0.6 is 11.3 Å². The third kappa shape index (κ3) is 2.39. The molecule has 0 fully saturated rings. The Balaban J connectivity index is 1.95. The summed E-state index contributed by atoms with van der Waals surface area (Å²) in [6, 6.07) is 3.42. The molecule has 2 aromatic heterocycles. The molecule has 0 saturated carbocycles. The molecule has 0 saturated heterocycles. The largest absolute Gasteiger partial charge is 0.461 e. The Bertz CT molecular complexity index is 466. The number of hydrogen-bond acceptors (Lipinski definition) is 4. The van der Waals surface area contributed by atoms with Crippen molar-refractivity contribution in [3.8, 4) is 0 Å². The Morgan fingerprint density at radius 1 is 1.50 bits per heavy atom. The maximum Gasteiger partial charge on any atom is 0.198 e. The second-order valence-electron chi connectivity index (χ2n) is 3.65. The van der Waals surface area contributed by atoms with Crippen molar-refractivity contribution in [2.24, 2.45) is 0 Å². The van der Waals surface area contributed by atoms with Crippen LogP contribution in [0.1, 0.15) is 32.6 Å². The minimum Gasteiger partial charge on any atom is -0.461 e. The summed E-state index contributed by atoms with van der Waals surface area (Å²) in [5.41, 5.74) is 1.06. The average molecular weight is 235 g/mol. The molecule has 0 aromatic carbocycles. The van der Waals surface area contributed by atoms with Gasteiger partial charge in [0.15, 0.2) is 11.5 Å². The Kier molecular flexibility index (Phi) is 3.19. The van der Waals surface area contributed by atoms with Crippen LogP contribution in [-0.4, -0.2) is 10.8 Å². The van der Waals surface area contributed by atoms with Crippen molar-refractivity contribution >= 4 is 17.1 Å². The molecule has 2 heterocycles. The number of hydrogen-bond donors (Lipinski definition) is 0. The number of aryl methyl sites for hydroxylation is 3. The van der Waals surface area contributed by atoms with Crippen LogP contribution < -0.4 is 0 Å². The van der Waals surface area contributed by atoms with Gasteiger partial charge in [0, 0.05) is 17.7 Å². The highest BCUT2D eigenvalue weighted by molar-refractivity contribution is 7.11. The maximum absolute atomic E-state index is 11.7. The Morgan fingerprint density at radius 2 is 2.31 bits per heavy atom. The lowest BCUT2D eigenvalue weighted by Gasteiger charge is -1.94. The average Bonchev–Trinajstić information content (AvgIpc) is 2.86. The highest BCUT2D eigenvalue weighted by Gasteiger charge is 2.10. The molecule has 0 radical (unpaired) electrons. The van der Waals surface area contributed by atoms with E-state index >= 15 is 0 Å². The first-order valence-electron chi connectivity index (χ1n) is 5.16. The van der Waals surface area contributed by atoms with E-state index < -0.39 is 0 Å². The molecular formula is C12H13NO2S. The second-order valence-corrected chi connectivity index (χ2v) is 4.94. The first kappa shape index (κ1) is 11.1. The van der Waals surface area contributed by atoms with Gasteiger partial charge >= 0.3 is 0 Å². The summed E-state index contributed by atoms with van der Waals surface area (Å²) in [6.07, 6.45) is 2.67. The number of carbonyl (C=O) groups is 1. The minimum atomic E-state index is 0.0375. The van der Waals surface area contributed by atoms with Crippen LogP contribution in [0.25, 0.3) is 0 Å². The third-order valence-corrected chi connectivity index (χ3v) is 3.57. The molecule has 0 aliphatic rings. The standard InChI is InChI=1S/C12H13NO2S/c1-8-9(2)16-12(13-8)6-5-10(14)11-4-3-7-15-11/h3-4,7H,5-6H2,1-2H3. The zero-order chi connectivity index (χ0) is 11.5. The van der Waals surface area contributed by atoms with Crippen LogP contribution in [0.5, 0.6) is 0 Å². The van der Waals surface area contributed by atoms with Crippen molar-refractivity contribution in [2.75, 3.05) is 0 Å². The van der Waals surface area contributed by atoms with Gasteiger partial charge in [0.25, 0.3) is 0 Å². The third-order valence-electron chi connectivity index (χ3n) is 2.43. The molecule has 0 amide bonds. The number of ketones is 1. The normalized spacial score (nSPS) is 10.6. The lowest BCUT2D eigenvalue weighted by molar-refractivity contribution is 0.0956. The van der Waals surface area contributed by atoms with Crippen LogP contribution in [0.3, 0.4) is 0 Å². The topological polar surface area (TPSA) is 43.1 Å². The van der Waals surface area contributed by atoms with Crippen molar-refractivity contribution in [1.82, 2.24) is 4.98 Å². The van der Waals surface area contributed by atoms with Crippen LogP contribution in [0, 0.1) is 13.8 Å². The zero-order valence-corrected chi connectivity index (χ0v) is 10.1. The predicted octanol–water partition coefficient (Wildman–Crippen LogP) is 3.17. The molecule has 0 unspecified atom stereocenters. The van der Waals surface area contributed by atoms with E-state index in [0.29, 0.717) is 18.6 Å². The van der Waals surface area contributed by atoms with Gasteiger partial charge in [-0.3, -0.25) is 4.79 Å². The molecule has 4 heteroatoms. The van der Waals surface area contributed by atoms with E-state index in [1.165, 1.54) is 11.1 Å². The van der Waals surface area contributed by atoms with E-state index in [1.54, 1.807) is 23.5 Å². The van der Waals surface area contributed by atoms with Crippen molar-refractivity contribution in [1.29, 1.82) is 0 Å². The van der Waals surface area contributed by atoms with Gasteiger partial charge in [0.05, 0.1) is 17.0 Å². The van der Waals surface area contributed by atoms with Gasteiger partial charge in [-0.2, -0.15) is 0 Å². The van der Waals surface area contributed by atoms with E-state index in [2.05, 4.69) is 4.98 Å². The van der Waals surface area contributed by atoms with Gasteiger partial charge < -0.3 is 4.42 Å². The van der Waals surface area contributed by atoms with Gasteiger partial charge in [0.2, 0.25) is 0 Å². The van der Waals surface area contributed by atoms with Gasteiger partial charge in [-0.1, -0.05) is 0 Å². The molecule has 2 rings (SSSR count). The molecule has 3 nitrogen and oxygen atoms in total. The summed E-state index contributed by atoms with van der Waals surface area (Å²) in [4.78, 5) is 17.3. The second kappa shape index (κ2) is 4.61. The Morgan fingerprint density at radius 3 is 2.88 bits per heavy atom. The molecule has 0 aliphatic carbocycles. The van der Waals surface area contributed by atoms with Crippen LogP contribution in [0.4, 0.5) is 0 Å². The highest BCUT2D eigenvalue weighted by atomic mass is 32.1. The van der Waals surface area contributed by atoms with Crippen molar-refractivity contribution in [2.45, 2.75) is 26.7 Å². The van der Waals surface area contributed by atoms with Gasteiger partial charge in [-0.05, 0) is 26.0 Å². The van der Waals surface area contributed by atoms with Crippen molar-refractivity contribution in [3.05, 3.63) is 39.7 Å². The maximum atomic E-state index is 11.7. The zero-order valence-electron chi connectivity index (χ0n) is 9.32. The van der Waals surface area contributed by atoms with Crippen LogP contribution in [-0.2, 0) is 6.42 Å². The number of thiazole rings is 1. The molecule has 0 spiro atoms. The summed E-state index contributed by atoms with van der Waals surface area (Å²) < 4.78 is 5.05. The molecule has 0 atom stereocenters. The van der Waals surface area contributed by atoms with Crippen LogP contribution in [0.15, 0.2) is 22.8 Å². The van der Waals surface area contributed by atoms with Crippen LogP contribution in [0.2, 0.25) is 0 Å². The fourth-order valence-electron chi connectivity index (χ4n) is 1.43. The van der Waals surface area contributed by atoms with E-state index in [9.17, 15) is 4.79 Å². The molecule has 84 valence electrons. The molecule has 0 aliphatic heterocycles. The number of furan rings is 1. The summed E-state index contributed by atoms with van der Waals surface area (Å²) in [5, 5.41) is 1.02. The summed E-state index contributed by atoms with van der Waals surface area (Å²) in [6.45, 7) is 4.04. The predicted molar refractivity (Wildman–Crippen MR) is 62.9 cm³/mol. The SMILES string of the molecule is Cc1nc(CCC(=O)c2ccco2)sc1C. The fourth-order valence-corrected chi connectivity index (χ4v) is 2.36. The van der Waals surface area contributed by atoms with E-state index in [0.717, 1.165) is 10.7 Å². The molecule has 0 N–H and O–H groups in total. The molecule has 2 aromatic rings. The fraction of sp³-hybridized carbons (Fsp3) is 0.333. The lowest BCUT2D eigenvalue weighted by Crippen LogP contribution is -1.99. The molecule has 0 bridgehead atoms. The summed E-state index contributed by atoms with van der Waals surface area (Å²) >= 11 is 1.66. The quantitative estimate of drug-likeness (QED) is 0.764. The monoisotopic (exact) mass is 235 g/mol. The Hall–Kier alpha value is -1.42. The first-order chi connectivity index (χ1) is 7.66. The number of Topliss-reactive ketones (excluding diaryl/α,β-unsaturated/α-hetero) is 1. The van der Waals surface area contributed by atoms with E-state index in [1.807, 2.05) is 13.8 Å². The Labute approximate surface area is 98.1 Å². The first-order valence-corrected chi connectivity index (χ1v) is 5.98. The number of aromatic nitrogens is 1. The number of nitrogens with zero attached hydrogens (tertiary/aromatic N) is 1. The lowest BCUT2D eigenvalue weighted by atomic mass is 10.2. The van der Waals surface area contributed by atoms with Gasteiger partial charge in [-0.25, -0.2) is 4.98 Å².